The highest BCUT2D eigenvalue weighted by atomic mass is 16.6. The van der Waals surface area contributed by atoms with Crippen molar-refractivity contribution in [1.82, 2.24) is 0 Å². The zero-order chi connectivity index (χ0) is 13.7. The van der Waals surface area contributed by atoms with E-state index in [9.17, 15) is 15.2 Å². The maximum Gasteiger partial charge on any atom is 0.271 e. The number of rotatable bonds is 5. The molecule has 0 saturated heterocycles. The van der Waals surface area contributed by atoms with Gasteiger partial charge in [0.15, 0.2) is 0 Å². The largest absolute Gasteiger partial charge is 0.396 e. The Morgan fingerprint density at radius 1 is 1.32 bits per heavy atom. The monoisotopic (exact) mass is 264 g/mol. The number of hydrogen-bond donors (Lipinski definition) is 2. The van der Waals surface area contributed by atoms with Crippen LogP contribution in [0.1, 0.15) is 25.7 Å². The minimum Gasteiger partial charge on any atom is -0.396 e. The summed E-state index contributed by atoms with van der Waals surface area (Å²) >= 11 is 0. The van der Waals surface area contributed by atoms with Crippen molar-refractivity contribution in [2.24, 2.45) is 11.8 Å². The summed E-state index contributed by atoms with van der Waals surface area (Å²) in [6, 6.07) is 6.56. The average molecular weight is 264 g/mol. The highest BCUT2D eigenvalue weighted by molar-refractivity contribution is 5.50. The molecule has 2 rings (SSSR count). The van der Waals surface area contributed by atoms with Gasteiger partial charge in [-0.2, -0.15) is 0 Å². The first kappa shape index (κ1) is 13.8. The Kier molecular flexibility index (Phi) is 4.74. The molecular weight excluding hydrogens is 244 g/mol. The number of benzene rings is 1. The first-order valence-electron chi connectivity index (χ1n) is 6.80. The molecule has 0 amide bonds. The standard InChI is InChI=1S/C14H20N2O3/c17-10-12-5-2-1-4-11(12)9-15-13-6-3-7-14(8-13)16(18)19/h3,6-8,11-12,15,17H,1-2,4-5,9-10H2. The van der Waals surface area contributed by atoms with E-state index in [0.29, 0.717) is 11.8 Å². The van der Waals surface area contributed by atoms with Crippen LogP contribution >= 0.6 is 0 Å². The molecule has 0 bridgehead atoms. The molecule has 1 aromatic carbocycles. The Hall–Kier alpha value is -1.62. The van der Waals surface area contributed by atoms with Gasteiger partial charge in [-0.15, -0.1) is 0 Å². The SMILES string of the molecule is O=[N+]([O-])c1cccc(NCC2CCCCC2CO)c1. The van der Waals surface area contributed by atoms with Gasteiger partial charge in [-0.1, -0.05) is 18.9 Å². The van der Waals surface area contributed by atoms with Crippen LogP contribution in [0.3, 0.4) is 0 Å². The lowest BCUT2D eigenvalue weighted by molar-refractivity contribution is -0.384. The van der Waals surface area contributed by atoms with Crippen molar-refractivity contribution >= 4 is 11.4 Å². The molecule has 19 heavy (non-hydrogen) atoms. The Morgan fingerprint density at radius 2 is 2.05 bits per heavy atom. The number of nitrogens with zero attached hydrogens (tertiary/aromatic N) is 1. The van der Waals surface area contributed by atoms with Crippen LogP contribution in [0, 0.1) is 22.0 Å². The molecule has 0 radical (unpaired) electrons. The van der Waals surface area contributed by atoms with Crippen molar-refractivity contribution in [3.05, 3.63) is 34.4 Å². The highest BCUT2D eigenvalue weighted by Crippen LogP contribution is 2.30. The molecule has 1 aliphatic rings. The fraction of sp³-hybridized carbons (Fsp3) is 0.571. The van der Waals surface area contributed by atoms with E-state index in [0.717, 1.165) is 25.1 Å². The quantitative estimate of drug-likeness (QED) is 0.633. The number of hydrogen-bond acceptors (Lipinski definition) is 4. The van der Waals surface area contributed by atoms with E-state index < -0.39 is 0 Å². The number of aliphatic hydroxyl groups excluding tert-OH is 1. The number of nitrogens with one attached hydrogen (secondary N) is 1. The molecular formula is C14H20N2O3. The summed E-state index contributed by atoms with van der Waals surface area (Å²) in [4.78, 5) is 10.3. The van der Waals surface area contributed by atoms with Crippen molar-refractivity contribution in [3.63, 3.8) is 0 Å². The van der Waals surface area contributed by atoms with Gasteiger partial charge in [0.25, 0.3) is 5.69 Å². The smallest absolute Gasteiger partial charge is 0.271 e. The van der Waals surface area contributed by atoms with Crippen LogP contribution in [0.4, 0.5) is 11.4 Å². The number of nitro benzene ring substituents is 1. The van der Waals surface area contributed by atoms with E-state index >= 15 is 0 Å². The summed E-state index contributed by atoms with van der Waals surface area (Å²) in [6.07, 6.45) is 4.60. The zero-order valence-corrected chi connectivity index (χ0v) is 10.9. The molecule has 5 nitrogen and oxygen atoms in total. The predicted octanol–water partition coefficient (Wildman–Crippen LogP) is 2.81. The second-order valence-electron chi connectivity index (χ2n) is 5.18. The third-order valence-electron chi connectivity index (χ3n) is 3.93. The van der Waals surface area contributed by atoms with E-state index in [1.165, 1.54) is 18.9 Å². The number of non-ortho nitro benzene ring substituents is 1. The van der Waals surface area contributed by atoms with Crippen LogP contribution in [-0.2, 0) is 0 Å². The molecule has 0 heterocycles. The second-order valence-corrected chi connectivity index (χ2v) is 5.18. The summed E-state index contributed by atoms with van der Waals surface area (Å²) < 4.78 is 0. The molecule has 1 saturated carbocycles. The van der Waals surface area contributed by atoms with Gasteiger partial charge in [-0.25, -0.2) is 0 Å². The Bertz CT molecular complexity index is 436. The lowest BCUT2D eigenvalue weighted by Crippen LogP contribution is -2.28. The summed E-state index contributed by atoms with van der Waals surface area (Å²) in [5, 5.41) is 23.3. The Morgan fingerprint density at radius 3 is 2.74 bits per heavy atom. The van der Waals surface area contributed by atoms with Crippen LogP contribution in [0.5, 0.6) is 0 Å². The van der Waals surface area contributed by atoms with Crippen molar-refractivity contribution in [3.8, 4) is 0 Å². The van der Waals surface area contributed by atoms with Crippen LogP contribution in [0.25, 0.3) is 0 Å². The molecule has 0 aromatic heterocycles. The maximum absolute atomic E-state index is 10.7. The average Bonchev–Trinajstić information content (AvgIpc) is 2.45. The molecule has 0 spiro atoms. The van der Waals surface area contributed by atoms with Crippen molar-refractivity contribution in [1.29, 1.82) is 0 Å². The topological polar surface area (TPSA) is 75.4 Å². The summed E-state index contributed by atoms with van der Waals surface area (Å²) in [5.74, 6) is 0.818. The van der Waals surface area contributed by atoms with Crippen LogP contribution in [-0.4, -0.2) is 23.2 Å². The molecule has 1 fully saturated rings. The van der Waals surface area contributed by atoms with Crippen LogP contribution < -0.4 is 5.32 Å². The minimum absolute atomic E-state index is 0.104. The molecule has 1 aromatic rings. The van der Waals surface area contributed by atoms with Crippen molar-refractivity contribution < 1.29 is 10.0 Å². The lowest BCUT2D eigenvalue weighted by atomic mass is 9.79. The Labute approximate surface area is 112 Å². The van der Waals surface area contributed by atoms with Gasteiger partial charge in [0.1, 0.15) is 0 Å². The summed E-state index contributed by atoms with van der Waals surface area (Å²) in [7, 11) is 0. The van der Waals surface area contributed by atoms with Crippen LogP contribution in [0.15, 0.2) is 24.3 Å². The van der Waals surface area contributed by atoms with Gasteiger partial charge >= 0.3 is 0 Å². The van der Waals surface area contributed by atoms with E-state index in [-0.39, 0.29) is 17.2 Å². The highest BCUT2D eigenvalue weighted by Gasteiger charge is 2.24. The van der Waals surface area contributed by atoms with Crippen molar-refractivity contribution in [2.45, 2.75) is 25.7 Å². The molecule has 2 N–H and O–H groups in total. The summed E-state index contributed by atoms with van der Waals surface area (Å²) in [6.45, 7) is 1.01. The van der Waals surface area contributed by atoms with Gasteiger partial charge < -0.3 is 10.4 Å². The van der Waals surface area contributed by atoms with Crippen molar-refractivity contribution in [2.75, 3.05) is 18.5 Å². The maximum atomic E-state index is 10.7. The fourth-order valence-electron chi connectivity index (χ4n) is 2.77. The fourth-order valence-corrected chi connectivity index (χ4v) is 2.77. The third-order valence-corrected chi connectivity index (χ3v) is 3.93. The van der Waals surface area contributed by atoms with Gasteiger partial charge in [0, 0.05) is 31.0 Å². The molecule has 104 valence electrons. The number of anilines is 1. The van der Waals surface area contributed by atoms with E-state index in [2.05, 4.69) is 5.32 Å². The molecule has 2 atom stereocenters. The Balaban J connectivity index is 1.94. The van der Waals surface area contributed by atoms with Gasteiger partial charge in [0.2, 0.25) is 0 Å². The molecule has 0 aliphatic heterocycles. The molecule has 5 heteroatoms. The molecule has 1 aliphatic carbocycles. The van der Waals surface area contributed by atoms with E-state index in [1.54, 1.807) is 12.1 Å². The summed E-state index contributed by atoms with van der Waals surface area (Å²) in [5.41, 5.74) is 0.879. The zero-order valence-electron chi connectivity index (χ0n) is 10.9. The van der Waals surface area contributed by atoms with E-state index in [1.807, 2.05) is 6.07 Å². The number of aliphatic hydroxyl groups is 1. The van der Waals surface area contributed by atoms with Gasteiger partial charge in [-0.3, -0.25) is 10.1 Å². The first-order valence-corrected chi connectivity index (χ1v) is 6.80. The van der Waals surface area contributed by atoms with Gasteiger partial charge in [-0.05, 0) is 30.7 Å². The van der Waals surface area contributed by atoms with Gasteiger partial charge in [0.05, 0.1) is 4.92 Å². The third kappa shape index (κ3) is 3.67. The van der Waals surface area contributed by atoms with E-state index in [4.69, 9.17) is 0 Å². The molecule has 2 unspecified atom stereocenters. The normalized spacial score (nSPS) is 23.0. The second kappa shape index (κ2) is 6.52. The lowest BCUT2D eigenvalue weighted by Gasteiger charge is -2.30. The number of nitro groups is 1. The predicted molar refractivity (Wildman–Crippen MR) is 74.1 cm³/mol. The first-order chi connectivity index (χ1) is 9.20. The van der Waals surface area contributed by atoms with Crippen LogP contribution in [0.2, 0.25) is 0 Å². The minimum atomic E-state index is -0.387.